The minimum atomic E-state index is -4.39. The van der Waals surface area contributed by atoms with Crippen LogP contribution >= 0.6 is 0 Å². The van der Waals surface area contributed by atoms with Crippen molar-refractivity contribution in [2.24, 2.45) is 0 Å². The zero-order chi connectivity index (χ0) is 13.1. The van der Waals surface area contributed by atoms with Crippen LogP contribution in [0.3, 0.4) is 0 Å². The van der Waals surface area contributed by atoms with Gasteiger partial charge < -0.3 is 10.2 Å². The van der Waals surface area contributed by atoms with Crippen molar-refractivity contribution in [3.63, 3.8) is 0 Å². The van der Waals surface area contributed by atoms with E-state index in [2.05, 4.69) is 5.32 Å². The number of nitrogens with zero attached hydrogens (tertiary/aromatic N) is 1. The molecule has 2 fully saturated rings. The maximum absolute atomic E-state index is 12.1. The maximum atomic E-state index is 12.1. The average molecular weight is 252 g/mol. The van der Waals surface area contributed by atoms with Crippen LogP contribution in [0.15, 0.2) is 0 Å². The predicted molar refractivity (Wildman–Crippen MR) is 58.5 cm³/mol. The molecule has 0 aromatic heterocycles. The molecule has 0 spiro atoms. The molecule has 2 unspecified atom stereocenters. The first-order chi connectivity index (χ1) is 7.97. The van der Waals surface area contributed by atoms with E-state index >= 15 is 0 Å². The van der Waals surface area contributed by atoms with Gasteiger partial charge in [-0.05, 0) is 12.8 Å². The Morgan fingerprint density at radius 2 is 1.71 bits per heavy atom. The Morgan fingerprint density at radius 3 is 2.12 bits per heavy atom. The van der Waals surface area contributed by atoms with E-state index in [-0.39, 0.29) is 12.1 Å². The maximum Gasteiger partial charge on any atom is 0.397 e. The summed E-state index contributed by atoms with van der Waals surface area (Å²) in [5.41, 5.74) is 0. The van der Waals surface area contributed by atoms with Gasteiger partial charge in [-0.25, -0.2) is 0 Å². The van der Waals surface area contributed by atoms with Crippen LogP contribution in [-0.4, -0.2) is 42.2 Å². The van der Waals surface area contributed by atoms with E-state index in [4.69, 9.17) is 0 Å². The van der Waals surface area contributed by atoms with E-state index in [1.165, 1.54) is 4.90 Å². The number of alkyl halides is 3. The minimum absolute atomic E-state index is 0.0291. The molecule has 0 aromatic carbocycles. The molecule has 3 nitrogen and oxygen atoms in total. The number of fused-ring (bicyclic) bond motifs is 2. The number of piperazine rings is 1. The van der Waals surface area contributed by atoms with Crippen molar-refractivity contribution in [1.82, 2.24) is 10.2 Å². The fraction of sp³-hybridized carbons (Fsp3) is 0.909. The van der Waals surface area contributed by atoms with Gasteiger partial charge in [0, 0.05) is 25.2 Å². The molecule has 0 radical (unpaired) electrons. The lowest BCUT2D eigenvalue weighted by Crippen LogP contribution is -2.54. The molecule has 2 aliphatic rings. The van der Waals surface area contributed by atoms with Gasteiger partial charge in [0.15, 0.2) is 0 Å². The fourth-order valence-electron chi connectivity index (χ4n) is 2.45. The summed E-state index contributed by atoms with van der Waals surface area (Å²) < 4.78 is 36.2. The first-order valence-electron chi connectivity index (χ1n) is 6.06. The lowest BCUT2D eigenvalue weighted by molar-refractivity contribution is -0.164. The van der Waals surface area contributed by atoms with Gasteiger partial charge in [0.25, 0.3) is 0 Å². The summed E-state index contributed by atoms with van der Waals surface area (Å²) in [6.45, 7) is 5.25. The van der Waals surface area contributed by atoms with Crippen molar-refractivity contribution in [2.45, 2.75) is 51.4 Å². The standard InChI is InChI=1S/C9H13F3N2O.C2H6/c10-9(11,12)3-8(15)14-6-1-2-7(14)5-13-4-6;1-2/h6-7,13H,1-5H2;1-2H3. The van der Waals surface area contributed by atoms with Crippen LogP contribution in [-0.2, 0) is 4.79 Å². The Balaban J connectivity index is 0.000000686. The molecule has 2 heterocycles. The number of hydrogen-bond donors (Lipinski definition) is 1. The Kier molecular flexibility index (Phi) is 4.80. The molecule has 2 saturated heterocycles. The first-order valence-corrected chi connectivity index (χ1v) is 6.06. The molecule has 2 rings (SSSR count). The molecule has 17 heavy (non-hydrogen) atoms. The summed E-state index contributed by atoms with van der Waals surface area (Å²) >= 11 is 0. The highest BCUT2D eigenvalue weighted by atomic mass is 19.4. The summed E-state index contributed by atoms with van der Waals surface area (Å²) in [6.07, 6.45) is -4.07. The molecular weight excluding hydrogens is 233 g/mol. The summed E-state index contributed by atoms with van der Waals surface area (Å²) in [4.78, 5) is 12.9. The van der Waals surface area contributed by atoms with E-state index in [1.54, 1.807) is 0 Å². The van der Waals surface area contributed by atoms with Gasteiger partial charge in [-0.1, -0.05) is 13.8 Å². The highest BCUT2D eigenvalue weighted by Gasteiger charge is 2.43. The molecule has 2 bridgehead atoms. The van der Waals surface area contributed by atoms with Gasteiger partial charge in [-0.15, -0.1) is 0 Å². The van der Waals surface area contributed by atoms with Crippen LogP contribution in [0.1, 0.15) is 33.1 Å². The fourth-order valence-corrected chi connectivity index (χ4v) is 2.45. The van der Waals surface area contributed by atoms with Crippen molar-refractivity contribution in [2.75, 3.05) is 13.1 Å². The summed E-state index contributed by atoms with van der Waals surface area (Å²) in [7, 11) is 0. The van der Waals surface area contributed by atoms with Crippen LogP contribution in [0.5, 0.6) is 0 Å². The van der Waals surface area contributed by atoms with Gasteiger partial charge in [0.1, 0.15) is 6.42 Å². The molecule has 6 heteroatoms. The molecule has 0 saturated carbocycles. The van der Waals surface area contributed by atoms with Crippen LogP contribution in [0.25, 0.3) is 0 Å². The number of carbonyl (C=O) groups is 1. The summed E-state index contributed by atoms with van der Waals surface area (Å²) in [5.74, 6) is -0.767. The molecule has 2 aliphatic heterocycles. The third kappa shape index (κ3) is 3.59. The molecular formula is C11H19F3N2O. The lowest BCUT2D eigenvalue weighted by Gasteiger charge is -2.35. The summed E-state index contributed by atoms with van der Waals surface area (Å²) in [6, 6.07) is -0.0581. The molecule has 0 aliphatic carbocycles. The molecule has 2 atom stereocenters. The number of hydrogen-bond acceptors (Lipinski definition) is 2. The number of amides is 1. The van der Waals surface area contributed by atoms with Crippen molar-refractivity contribution in [3.8, 4) is 0 Å². The SMILES string of the molecule is CC.O=C(CC(F)(F)F)N1C2CCC1CNC2. The number of halogens is 3. The van der Waals surface area contributed by atoms with E-state index < -0.39 is 18.5 Å². The average Bonchev–Trinajstić information content (AvgIpc) is 2.50. The highest BCUT2D eigenvalue weighted by Crippen LogP contribution is 2.30. The third-order valence-electron chi connectivity index (χ3n) is 3.02. The third-order valence-corrected chi connectivity index (χ3v) is 3.02. The van der Waals surface area contributed by atoms with Gasteiger partial charge in [0.05, 0.1) is 0 Å². The highest BCUT2D eigenvalue weighted by molar-refractivity contribution is 5.78. The zero-order valence-corrected chi connectivity index (χ0v) is 10.2. The predicted octanol–water partition coefficient (Wildman–Crippen LogP) is 1.93. The number of carbonyl (C=O) groups excluding carboxylic acids is 1. The van der Waals surface area contributed by atoms with Crippen molar-refractivity contribution in [1.29, 1.82) is 0 Å². The molecule has 0 aromatic rings. The van der Waals surface area contributed by atoms with Crippen LogP contribution in [0.2, 0.25) is 0 Å². The Morgan fingerprint density at radius 1 is 1.24 bits per heavy atom. The second-order valence-corrected chi connectivity index (χ2v) is 4.14. The zero-order valence-electron chi connectivity index (χ0n) is 10.2. The summed E-state index contributed by atoms with van der Waals surface area (Å²) in [5, 5.41) is 3.12. The topological polar surface area (TPSA) is 32.3 Å². The van der Waals surface area contributed by atoms with Crippen LogP contribution < -0.4 is 5.32 Å². The van der Waals surface area contributed by atoms with Crippen LogP contribution in [0.4, 0.5) is 13.2 Å². The van der Waals surface area contributed by atoms with E-state index in [9.17, 15) is 18.0 Å². The van der Waals surface area contributed by atoms with Gasteiger partial charge in [-0.3, -0.25) is 4.79 Å². The minimum Gasteiger partial charge on any atom is -0.334 e. The van der Waals surface area contributed by atoms with E-state index in [0.717, 1.165) is 12.8 Å². The van der Waals surface area contributed by atoms with Gasteiger partial charge in [0.2, 0.25) is 5.91 Å². The Labute approximate surface area is 99.4 Å². The van der Waals surface area contributed by atoms with Crippen LogP contribution in [0, 0.1) is 0 Å². The largest absolute Gasteiger partial charge is 0.397 e. The van der Waals surface area contributed by atoms with Gasteiger partial charge >= 0.3 is 6.18 Å². The molecule has 1 N–H and O–H groups in total. The van der Waals surface area contributed by atoms with Crippen molar-refractivity contribution >= 4 is 5.91 Å². The van der Waals surface area contributed by atoms with Gasteiger partial charge in [-0.2, -0.15) is 13.2 Å². The molecule has 1 amide bonds. The number of nitrogens with one attached hydrogen (secondary N) is 1. The smallest absolute Gasteiger partial charge is 0.334 e. The van der Waals surface area contributed by atoms with E-state index in [1.807, 2.05) is 13.8 Å². The Bertz CT molecular complexity index is 252. The second-order valence-electron chi connectivity index (χ2n) is 4.14. The van der Waals surface area contributed by atoms with E-state index in [0.29, 0.717) is 13.1 Å². The quantitative estimate of drug-likeness (QED) is 0.773. The Hall–Kier alpha value is -0.780. The normalized spacial score (nSPS) is 27.5. The monoisotopic (exact) mass is 252 g/mol. The van der Waals surface area contributed by atoms with Crippen molar-refractivity contribution < 1.29 is 18.0 Å². The second kappa shape index (κ2) is 5.71. The molecule has 100 valence electrons. The van der Waals surface area contributed by atoms with Crippen molar-refractivity contribution in [3.05, 3.63) is 0 Å². The first kappa shape index (κ1) is 14.3. The lowest BCUT2D eigenvalue weighted by atomic mass is 10.2. The number of rotatable bonds is 1.